The summed E-state index contributed by atoms with van der Waals surface area (Å²) >= 11 is 0. The van der Waals surface area contributed by atoms with Crippen molar-refractivity contribution >= 4 is 11.9 Å². The van der Waals surface area contributed by atoms with Crippen molar-refractivity contribution in [2.45, 2.75) is 57.2 Å². The standard InChI is InChI=1S/C24H39N5O2/c1-28(2)23(30)18-26-24(25-14-11-22-10-6-7-17-31-22)27-21-12-15-29(16-13-21)19-20-8-4-3-5-9-20/h3-5,8-9,21-22H,6-7,10-19H2,1-2H3,(H2,25,26,27). The number of piperidine rings is 1. The maximum absolute atomic E-state index is 12.0. The number of benzene rings is 1. The number of hydrogen-bond donors (Lipinski definition) is 2. The van der Waals surface area contributed by atoms with Crippen molar-refractivity contribution in [2.24, 2.45) is 4.99 Å². The Morgan fingerprint density at radius 3 is 2.61 bits per heavy atom. The van der Waals surface area contributed by atoms with Crippen LogP contribution >= 0.6 is 0 Å². The number of ether oxygens (including phenoxy) is 1. The van der Waals surface area contributed by atoms with E-state index < -0.39 is 0 Å². The van der Waals surface area contributed by atoms with E-state index in [1.807, 2.05) is 0 Å². The zero-order valence-electron chi connectivity index (χ0n) is 19.2. The van der Waals surface area contributed by atoms with E-state index in [1.54, 1.807) is 19.0 Å². The van der Waals surface area contributed by atoms with Gasteiger partial charge in [0.25, 0.3) is 0 Å². The summed E-state index contributed by atoms with van der Waals surface area (Å²) in [7, 11) is 3.53. The summed E-state index contributed by atoms with van der Waals surface area (Å²) in [6.07, 6.45) is 7.02. The second kappa shape index (κ2) is 12.7. The fraction of sp³-hybridized carbons (Fsp3) is 0.667. The van der Waals surface area contributed by atoms with Gasteiger partial charge in [-0.3, -0.25) is 9.69 Å². The molecule has 1 unspecified atom stereocenters. The molecule has 2 saturated heterocycles. The lowest BCUT2D eigenvalue weighted by molar-refractivity contribution is -0.127. The Balaban J connectivity index is 1.46. The van der Waals surface area contributed by atoms with Crippen molar-refractivity contribution in [2.75, 3.05) is 46.9 Å². The molecule has 0 bridgehead atoms. The number of likely N-dealkylation sites (N-methyl/N-ethyl adjacent to an activating group) is 1. The molecule has 0 radical (unpaired) electrons. The molecule has 2 heterocycles. The minimum Gasteiger partial charge on any atom is -0.378 e. The molecule has 0 aromatic heterocycles. The number of amides is 1. The quantitative estimate of drug-likeness (QED) is 0.490. The number of carbonyl (C=O) groups is 1. The zero-order valence-corrected chi connectivity index (χ0v) is 19.2. The highest BCUT2D eigenvalue weighted by molar-refractivity contribution is 5.84. The average molecular weight is 430 g/mol. The van der Waals surface area contributed by atoms with Crippen LogP contribution < -0.4 is 10.6 Å². The molecule has 2 aliphatic heterocycles. The summed E-state index contributed by atoms with van der Waals surface area (Å²) < 4.78 is 5.83. The number of hydrogen-bond acceptors (Lipinski definition) is 4. The van der Waals surface area contributed by atoms with Crippen LogP contribution in [-0.4, -0.2) is 80.7 Å². The van der Waals surface area contributed by atoms with Crippen LogP contribution in [-0.2, 0) is 16.1 Å². The minimum atomic E-state index is 0.00870. The molecule has 1 amide bonds. The maximum atomic E-state index is 12.0. The van der Waals surface area contributed by atoms with E-state index in [-0.39, 0.29) is 12.5 Å². The molecule has 2 fully saturated rings. The number of rotatable bonds is 8. The average Bonchev–Trinajstić information content (AvgIpc) is 2.79. The van der Waals surface area contributed by atoms with Crippen LogP contribution in [0, 0.1) is 0 Å². The third-order valence-corrected chi connectivity index (χ3v) is 6.08. The normalized spacial score (nSPS) is 21.0. The minimum absolute atomic E-state index is 0.00870. The molecule has 1 aromatic carbocycles. The first kappa shape index (κ1) is 23.5. The van der Waals surface area contributed by atoms with Crippen LogP contribution in [0.2, 0.25) is 0 Å². The maximum Gasteiger partial charge on any atom is 0.243 e. The molecular formula is C24H39N5O2. The molecule has 1 aromatic rings. The van der Waals surface area contributed by atoms with Gasteiger partial charge in [0.15, 0.2) is 5.96 Å². The molecule has 7 heteroatoms. The number of guanidine groups is 1. The van der Waals surface area contributed by atoms with Crippen molar-refractivity contribution in [1.82, 2.24) is 20.4 Å². The van der Waals surface area contributed by atoms with Crippen molar-refractivity contribution in [1.29, 1.82) is 0 Å². The van der Waals surface area contributed by atoms with Crippen molar-refractivity contribution in [3.63, 3.8) is 0 Å². The Morgan fingerprint density at radius 2 is 1.94 bits per heavy atom. The van der Waals surface area contributed by atoms with Gasteiger partial charge in [0, 0.05) is 52.9 Å². The number of likely N-dealkylation sites (tertiary alicyclic amines) is 1. The molecule has 172 valence electrons. The fourth-order valence-corrected chi connectivity index (χ4v) is 4.10. The third-order valence-electron chi connectivity index (χ3n) is 6.08. The van der Waals surface area contributed by atoms with E-state index in [1.165, 1.54) is 18.4 Å². The van der Waals surface area contributed by atoms with Gasteiger partial charge in [0.1, 0.15) is 6.54 Å². The highest BCUT2D eigenvalue weighted by Crippen LogP contribution is 2.15. The van der Waals surface area contributed by atoms with Gasteiger partial charge in [-0.2, -0.15) is 0 Å². The van der Waals surface area contributed by atoms with E-state index in [0.29, 0.717) is 12.1 Å². The predicted octanol–water partition coefficient (Wildman–Crippen LogP) is 2.23. The lowest BCUT2D eigenvalue weighted by Gasteiger charge is -2.33. The summed E-state index contributed by atoms with van der Waals surface area (Å²) in [5.74, 6) is 0.752. The number of carbonyl (C=O) groups excluding carboxylic acids is 1. The van der Waals surface area contributed by atoms with Crippen molar-refractivity contribution < 1.29 is 9.53 Å². The van der Waals surface area contributed by atoms with Crippen molar-refractivity contribution in [3.8, 4) is 0 Å². The van der Waals surface area contributed by atoms with E-state index >= 15 is 0 Å². The Hall–Kier alpha value is -2.12. The van der Waals surface area contributed by atoms with Gasteiger partial charge >= 0.3 is 0 Å². The van der Waals surface area contributed by atoms with Gasteiger partial charge < -0.3 is 20.3 Å². The van der Waals surface area contributed by atoms with Crippen molar-refractivity contribution in [3.05, 3.63) is 35.9 Å². The number of nitrogens with one attached hydrogen (secondary N) is 2. The van der Waals surface area contributed by atoms with Gasteiger partial charge in [-0.05, 0) is 44.1 Å². The van der Waals surface area contributed by atoms with Gasteiger partial charge in [-0.15, -0.1) is 0 Å². The molecule has 2 aliphatic rings. The van der Waals surface area contributed by atoms with Crippen LogP contribution in [0.4, 0.5) is 0 Å². The smallest absolute Gasteiger partial charge is 0.243 e. The van der Waals surface area contributed by atoms with E-state index in [9.17, 15) is 4.79 Å². The van der Waals surface area contributed by atoms with Crippen LogP contribution in [0.5, 0.6) is 0 Å². The lowest BCUT2D eigenvalue weighted by atomic mass is 10.0. The Bertz CT molecular complexity index is 680. The molecule has 2 N–H and O–H groups in total. The lowest BCUT2D eigenvalue weighted by Crippen LogP contribution is -2.49. The molecule has 0 saturated carbocycles. The number of nitrogens with zero attached hydrogens (tertiary/aromatic N) is 3. The monoisotopic (exact) mass is 429 g/mol. The van der Waals surface area contributed by atoms with Crippen LogP contribution in [0.1, 0.15) is 44.1 Å². The summed E-state index contributed by atoms with van der Waals surface area (Å²) in [6.45, 7) is 4.97. The second-order valence-electron chi connectivity index (χ2n) is 8.84. The van der Waals surface area contributed by atoms with E-state index in [0.717, 1.165) is 64.4 Å². The van der Waals surface area contributed by atoms with Crippen LogP contribution in [0.15, 0.2) is 35.3 Å². The molecule has 31 heavy (non-hydrogen) atoms. The topological polar surface area (TPSA) is 69.2 Å². The molecule has 7 nitrogen and oxygen atoms in total. The first-order valence-electron chi connectivity index (χ1n) is 11.7. The highest BCUT2D eigenvalue weighted by Gasteiger charge is 2.21. The molecular weight excluding hydrogens is 390 g/mol. The third kappa shape index (κ3) is 8.50. The molecule has 0 aliphatic carbocycles. The molecule has 3 rings (SSSR count). The first-order valence-corrected chi connectivity index (χ1v) is 11.7. The van der Waals surface area contributed by atoms with Gasteiger partial charge in [0.2, 0.25) is 5.91 Å². The van der Waals surface area contributed by atoms with E-state index in [4.69, 9.17) is 4.74 Å². The Labute approximate surface area is 187 Å². The van der Waals surface area contributed by atoms with Gasteiger partial charge in [0.05, 0.1) is 6.10 Å². The Kier molecular flexibility index (Phi) is 9.62. The fourth-order valence-electron chi connectivity index (χ4n) is 4.10. The summed E-state index contributed by atoms with van der Waals surface area (Å²) in [5, 5.41) is 7.01. The SMILES string of the molecule is CN(C)C(=O)CN=C(NCCC1CCCCO1)NC1CCN(Cc2ccccc2)CC1. The highest BCUT2D eigenvalue weighted by atomic mass is 16.5. The largest absolute Gasteiger partial charge is 0.378 e. The zero-order chi connectivity index (χ0) is 21.9. The van der Waals surface area contributed by atoms with Crippen LogP contribution in [0.3, 0.4) is 0 Å². The molecule has 0 spiro atoms. The Morgan fingerprint density at radius 1 is 1.16 bits per heavy atom. The van der Waals surface area contributed by atoms with Crippen LogP contribution in [0.25, 0.3) is 0 Å². The summed E-state index contributed by atoms with van der Waals surface area (Å²) in [4.78, 5) is 20.7. The second-order valence-corrected chi connectivity index (χ2v) is 8.84. The summed E-state index contributed by atoms with van der Waals surface area (Å²) in [6, 6.07) is 11.0. The summed E-state index contributed by atoms with van der Waals surface area (Å²) in [5.41, 5.74) is 1.37. The predicted molar refractivity (Wildman–Crippen MR) is 125 cm³/mol. The molecule has 1 atom stereocenters. The van der Waals surface area contributed by atoms with Gasteiger partial charge in [-0.1, -0.05) is 30.3 Å². The van der Waals surface area contributed by atoms with E-state index in [2.05, 4.69) is 50.9 Å². The first-order chi connectivity index (χ1) is 15.1. The number of aliphatic imine (C=N–C) groups is 1. The van der Waals surface area contributed by atoms with Gasteiger partial charge in [-0.25, -0.2) is 4.99 Å².